The first-order valence-corrected chi connectivity index (χ1v) is 14.4. The van der Waals surface area contributed by atoms with Crippen LogP contribution in [0, 0.1) is 5.82 Å². The van der Waals surface area contributed by atoms with Gasteiger partial charge in [0, 0.05) is 34.8 Å². The van der Waals surface area contributed by atoms with Crippen molar-refractivity contribution in [3.8, 4) is 0 Å². The van der Waals surface area contributed by atoms with Crippen LogP contribution in [-0.4, -0.2) is 33.2 Å². The van der Waals surface area contributed by atoms with E-state index in [-0.39, 0.29) is 35.3 Å². The maximum Gasteiger partial charge on any atom is 0.258 e. The Hall–Kier alpha value is -4.85. The third-order valence-electron chi connectivity index (χ3n) is 9.09. The van der Waals surface area contributed by atoms with E-state index in [0.29, 0.717) is 57.2 Å². The number of halogens is 1. The molecule has 2 aromatic heterocycles. The lowest BCUT2D eigenvalue weighted by atomic mass is 9.94. The van der Waals surface area contributed by atoms with Crippen molar-refractivity contribution in [2.75, 3.05) is 6.54 Å². The maximum atomic E-state index is 13.7. The highest BCUT2D eigenvalue weighted by Crippen LogP contribution is 2.44. The number of aromatic nitrogens is 2. The van der Waals surface area contributed by atoms with Crippen LogP contribution in [0.15, 0.2) is 71.5 Å². The third kappa shape index (κ3) is 3.78. The molecule has 2 atom stereocenters. The van der Waals surface area contributed by atoms with Crippen molar-refractivity contribution in [3.05, 3.63) is 122 Å². The molecular formula is C34H27FN4O3. The molecule has 2 unspecified atom stereocenters. The molecule has 3 aliphatic rings. The maximum absolute atomic E-state index is 13.7. The summed E-state index contributed by atoms with van der Waals surface area (Å²) in [5, 5.41) is 4.79. The predicted molar refractivity (Wildman–Crippen MR) is 157 cm³/mol. The second-order valence-electron chi connectivity index (χ2n) is 11.5. The fourth-order valence-electron chi connectivity index (χ4n) is 7.13. The van der Waals surface area contributed by atoms with Crippen LogP contribution in [0.1, 0.15) is 80.1 Å². The van der Waals surface area contributed by atoms with Crippen LogP contribution >= 0.6 is 0 Å². The Morgan fingerprint density at radius 2 is 1.86 bits per heavy atom. The first-order valence-electron chi connectivity index (χ1n) is 14.4. The molecule has 0 saturated carbocycles. The molecule has 0 radical (unpaired) electrons. The lowest BCUT2D eigenvalue weighted by molar-refractivity contribution is 0.0776. The Kier molecular flexibility index (Phi) is 5.54. The average Bonchev–Trinajstić information content (AvgIpc) is 3.70. The van der Waals surface area contributed by atoms with Gasteiger partial charge in [0.15, 0.2) is 0 Å². The highest BCUT2D eigenvalue weighted by molar-refractivity contribution is 6.19. The number of H-pyrrole nitrogens is 1. The largest absolute Gasteiger partial charge is 0.345 e. The molecule has 7 nitrogen and oxygen atoms in total. The number of nitrogens with zero attached hydrogens (tertiary/aromatic N) is 2. The van der Waals surface area contributed by atoms with Gasteiger partial charge in [-0.15, -0.1) is 0 Å². The predicted octanol–water partition coefficient (Wildman–Crippen LogP) is 5.51. The summed E-state index contributed by atoms with van der Waals surface area (Å²) in [6, 6.07) is 19.4. The van der Waals surface area contributed by atoms with Gasteiger partial charge in [0.2, 0.25) is 0 Å². The van der Waals surface area contributed by atoms with E-state index in [9.17, 15) is 18.8 Å². The Morgan fingerprint density at radius 1 is 1.02 bits per heavy atom. The fraction of sp³-hybridized carbons (Fsp3) is 0.235. The van der Waals surface area contributed by atoms with Crippen LogP contribution in [0.2, 0.25) is 0 Å². The third-order valence-corrected chi connectivity index (χ3v) is 9.09. The zero-order valence-electron chi connectivity index (χ0n) is 22.7. The minimum atomic E-state index is -0.368. The minimum absolute atomic E-state index is 0.0607. The summed E-state index contributed by atoms with van der Waals surface area (Å²) in [4.78, 5) is 50.5. The Balaban J connectivity index is 1.27. The number of aromatic amines is 1. The Morgan fingerprint density at radius 3 is 2.71 bits per heavy atom. The van der Waals surface area contributed by atoms with Crippen molar-refractivity contribution < 1.29 is 14.0 Å². The molecule has 1 saturated heterocycles. The molecule has 2 amide bonds. The van der Waals surface area contributed by atoms with Crippen molar-refractivity contribution in [2.24, 2.45) is 0 Å². The summed E-state index contributed by atoms with van der Waals surface area (Å²) >= 11 is 0. The van der Waals surface area contributed by atoms with Crippen molar-refractivity contribution in [2.45, 2.75) is 44.2 Å². The van der Waals surface area contributed by atoms with Crippen molar-refractivity contribution in [1.82, 2.24) is 20.2 Å². The van der Waals surface area contributed by atoms with E-state index < -0.39 is 0 Å². The molecule has 2 aliphatic heterocycles. The number of hydrogen-bond donors (Lipinski definition) is 2. The molecule has 42 heavy (non-hydrogen) atoms. The normalized spacial score (nSPS) is 18.9. The molecule has 8 rings (SSSR count). The van der Waals surface area contributed by atoms with Gasteiger partial charge in [0.1, 0.15) is 5.82 Å². The summed E-state index contributed by atoms with van der Waals surface area (Å²) in [5.74, 6) is -0.654. The van der Waals surface area contributed by atoms with Crippen LogP contribution in [0.5, 0.6) is 0 Å². The second kappa shape index (κ2) is 9.34. The summed E-state index contributed by atoms with van der Waals surface area (Å²) < 4.78 is 13.6. The van der Waals surface area contributed by atoms with Gasteiger partial charge in [-0.1, -0.05) is 42.5 Å². The van der Waals surface area contributed by atoms with Crippen LogP contribution < -0.4 is 10.9 Å². The zero-order chi connectivity index (χ0) is 28.5. The van der Waals surface area contributed by atoms with Gasteiger partial charge >= 0.3 is 0 Å². The van der Waals surface area contributed by atoms with E-state index >= 15 is 0 Å². The average molecular weight is 559 g/mol. The number of aryl methyl sites for hydroxylation is 1. The second-order valence-corrected chi connectivity index (χ2v) is 11.5. The van der Waals surface area contributed by atoms with Crippen LogP contribution in [0.25, 0.3) is 21.7 Å². The van der Waals surface area contributed by atoms with E-state index in [0.717, 1.165) is 36.8 Å². The van der Waals surface area contributed by atoms with Crippen molar-refractivity contribution >= 4 is 33.5 Å². The molecule has 8 heteroatoms. The smallest absolute Gasteiger partial charge is 0.258 e. The summed E-state index contributed by atoms with van der Waals surface area (Å²) in [6.07, 6.45) is 3.81. The van der Waals surface area contributed by atoms with Gasteiger partial charge in [0.25, 0.3) is 17.4 Å². The number of hydrogen-bond acceptors (Lipinski definition) is 4. The Bertz CT molecular complexity index is 2020. The number of carbonyl (C=O) groups is 2. The van der Waals surface area contributed by atoms with Gasteiger partial charge in [0.05, 0.1) is 34.4 Å². The van der Waals surface area contributed by atoms with E-state index in [4.69, 9.17) is 4.98 Å². The van der Waals surface area contributed by atoms with E-state index in [2.05, 4.69) is 22.4 Å². The van der Waals surface area contributed by atoms with Gasteiger partial charge < -0.3 is 15.2 Å². The fourth-order valence-corrected chi connectivity index (χ4v) is 7.13. The van der Waals surface area contributed by atoms with E-state index in [1.54, 1.807) is 24.3 Å². The molecule has 1 fully saturated rings. The summed E-state index contributed by atoms with van der Waals surface area (Å²) in [6.45, 7) is 0.657. The van der Waals surface area contributed by atoms with Crippen molar-refractivity contribution in [3.63, 3.8) is 0 Å². The molecule has 5 aromatic rings. The molecule has 3 aromatic carbocycles. The van der Waals surface area contributed by atoms with Gasteiger partial charge in [-0.2, -0.15) is 0 Å². The standard InChI is InChI=1S/C34H27FN4O3/c35-21-11-7-18(8-12-21)16-26-29-28(30-31(36-26)27-6-3-15-39(27)34(30)42)23-13-9-20(17-25(23)38-33(29)41)32(40)37-24-14-10-19-4-1-2-5-22(19)24/h1-2,4-5,7-9,11-13,17,24,27H,3,6,10,14-16H2,(H,37,40)(H,38,41). The number of rotatable bonds is 4. The van der Waals surface area contributed by atoms with E-state index in [1.165, 1.54) is 17.7 Å². The number of pyridine rings is 2. The summed E-state index contributed by atoms with van der Waals surface area (Å²) in [5.41, 5.74) is 5.51. The molecule has 208 valence electrons. The lowest BCUT2D eigenvalue weighted by Crippen LogP contribution is -2.27. The molecule has 1 aliphatic carbocycles. The van der Waals surface area contributed by atoms with Crippen LogP contribution in [0.4, 0.5) is 4.39 Å². The number of amides is 2. The molecule has 0 spiro atoms. The SMILES string of the molecule is O=C(NC1CCc2ccccc21)c1ccc2c(c1)[nH]c(=O)c1c(Cc3ccc(F)cc3)nc3c(c12)C(=O)N1CCCC31. The van der Waals surface area contributed by atoms with Crippen molar-refractivity contribution in [1.29, 1.82) is 0 Å². The number of benzene rings is 3. The molecular weight excluding hydrogens is 531 g/mol. The monoisotopic (exact) mass is 558 g/mol. The number of nitrogens with one attached hydrogen (secondary N) is 2. The minimum Gasteiger partial charge on any atom is -0.345 e. The van der Waals surface area contributed by atoms with E-state index in [1.807, 2.05) is 23.1 Å². The van der Waals surface area contributed by atoms with Gasteiger partial charge in [-0.25, -0.2) is 4.39 Å². The van der Waals surface area contributed by atoms with Gasteiger partial charge in [-0.3, -0.25) is 19.4 Å². The van der Waals surface area contributed by atoms with Crippen LogP contribution in [-0.2, 0) is 12.8 Å². The topological polar surface area (TPSA) is 95.2 Å². The number of carbonyl (C=O) groups excluding carboxylic acids is 2. The Labute approximate surface area is 240 Å². The first-order chi connectivity index (χ1) is 20.5. The van der Waals surface area contributed by atoms with Gasteiger partial charge in [-0.05, 0) is 66.6 Å². The highest BCUT2D eigenvalue weighted by Gasteiger charge is 2.43. The van der Waals surface area contributed by atoms with Crippen LogP contribution in [0.3, 0.4) is 0 Å². The first kappa shape index (κ1) is 24.9. The molecule has 0 bridgehead atoms. The molecule has 4 heterocycles. The lowest BCUT2D eigenvalue weighted by Gasteiger charge is -2.16. The number of fused-ring (bicyclic) bond motifs is 8. The highest BCUT2D eigenvalue weighted by atomic mass is 19.1. The quantitative estimate of drug-likeness (QED) is 0.284. The molecule has 2 N–H and O–H groups in total. The summed E-state index contributed by atoms with van der Waals surface area (Å²) in [7, 11) is 0. The zero-order valence-corrected chi connectivity index (χ0v) is 22.7.